The Labute approximate surface area is 125 Å². The number of carbonyl (C=O) groups is 2. The van der Waals surface area contributed by atoms with Crippen molar-refractivity contribution in [3.05, 3.63) is 29.8 Å². The molecule has 1 aromatic carbocycles. The van der Waals surface area contributed by atoms with Gasteiger partial charge in [-0.2, -0.15) is 0 Å². The van der Waals surface area contributed by atoms with Crippen molar-refractivity contribution in [3.8, 4) is 5.75 Å². The highest BCUT2D eigenvalue weighted by molar-refractivity contribution is 6.04. The maximum absolute atomic E-state index is 11.9. The van der Waals surface area contributed by atoms with Gasteiger partial charge in [-0.1, -0.05) is 26.0 Å². The number of hydrogen-bond donors (Lipinski definition) is 1. The molecule has 1 saturated heterocycles. The Morgan fingerprint density at radius 1 is 1.10 bits per heavy atom. The fraction of sp³-hybridized carbons (Fsp3) is 0.500. The van der Waals surface area contributed by atoms with Gasteiger partial charge >= 0.3 is 0 Å². The smallest absolute Gasteiger partial charge is 0.232 e. The average Bonchev–Trinajstić information content (AvgIpc) is 2.67. The minimum absolute atomic E-state index is 0.102. The molecule has 2 rings (SSSR count). The van der Waals surface area contributed by atoms with E-state index in [0.717, 1.165) is 17.7 Å². The molecule has 1 heterocycles. The molecule has 0 bridgehead atoms. The highest BCUT2D eigenvalue weighted by atomic mass is 16.5. The summed E-state index contributed by atoms with van der Waals surface area (Å²) in [4.78, 5) is 25.1. The number of likely N-dealkylation sites (tertiary alicyclic amines) is 1. The van der Waals surface area contributed by atoms with Crippen molar-refractivity contribution in [1.82, 2.24) is 4.90 Å². The topological polar surface area (TPSA) is 72.6 Å². The Hall–Kier alpha value is -1.88. The molecule has 1 aliphatic heterocycles. The fourth-order valence-corrected chi connectivity index (χ4v) is 2.42. The molecular formula is C16H22N2O3. The Morgan fingerprint density at radius 3 is 2.19 bits per heavy atom. The van der Waals surface area contributed by atoms with Gasteiger partial charge in [0.2, 0.25) is 11.8 Å². The van der Waals surface area contributed by atoms with Crippen molar-refractivity contribution in [1.29, 1.82) is 0 Å². The number of hydrogen-bond acceptors (Lipinski definition) is 4. The first-order valence-corrected chi connectivity index (χ1v) is 7.31. The van der Waals surface area contributed by atoms with Gasteiger partial charge in [-0.05, 0) is 30.7 Å². The van der Waals surface area contributed by atoms with Crippen LogP contribution in [0.25, 0.3) is 0 Å². The molecule has 0 aromatic heterocycles. The highest BCUT2D eigenvalue weighted by Crippen LogP contribution is 2.25. The van der Waals surface area contributed by atoms with Crippen LogP contribution >= 0.6 is 0 Å². The van der Waals surface area contributed by atoms with Gasteiger partial charge < -0.3 is 10.5 Å². The van der Waals surface area contributed by atoms with E-state index >= 15 is 0 Å². The van der Waals surface area contributed by atoms with Gasteiger partial charge in [0.1, 0.15) is 12.4 Å². The molecule has 2 unspecified atom stereocenters. The Kier molecular flexibility index (Phi) is 4.96. The lowest BCUT2D eigenvalue weighted by atomic mass is 10.00. The molecule has 1 fully saturated rings. The number of benzene rings is 1. The van der Waals surface area contributed by atoms with Crippen LogP contribution in [0.1, 0.15) is 19.4 Å². The number of amides is 2. The van der Waals surface area contributed by atoms with Crippen LogP contribution in [-0.2, 0) is 16.0 Å². The third-order valence-corrected chi connectivity index (χ3v) is 4.00. The average molecular weight is 290 g/mol. The van der Waals surface area contributed by atoms with Crippen LogP contribution < -0.4 is 10.5 Å². The summed E-state index contributed by atoms with van der Waals surface area (Å²) >= 11 is 0. The SMILES string of the molecule is CC1C(=O)N(CCOc2ccc(CCN)cc2)C(=O)C1C. The fourth-order valence-electron chi connectivity index (χ4n) is 2.42. The quantitative estimate of drug-likeness (QED) is 0.799. The van der Waals surface area contributed by atoms with Crippen LogP contribution in [0.3, 0.4) is 0 Å². The lowest BCUT2D eigenvalue weighted by Crippen LogP contribution is -2.34. The van der Waals surface area contributed by atoms with Gasteiger partial charge in [-0.3, -0.25) is 14.5 Å². The molecule has 2 N–H and O–H groups in total. The third-order valence-electron chi connectivity index (χ3n) is 4.00. The molecule has 5 heteroatoms. The van der Waals surface area contributed by atoms with Crippen molar-refractivity contribution >= 4 is 11.8 Å². The number of ether oxygens (including phenoxy) is 1. The summed E-state index contributed by atoms with van der Waals surface area (Å²) in [5.41, 5.74) is 6.66. The van der Waals surface area contributed by atoms with Crippen LogP contribution in [0, 0.1) is 11.8 Å². The van der Waals surface area contributed by atoms with Crippen molar-refractivity contribution in [2.24, 2.45) is 17.6 Å². The lowest BCUT2D eigenvalue weighted by Gasteiger charge is -2.15. The van der Waals surface area contributed by atoms with Crippen molar-refractivity contribution < 1.29 is 14.3 Å². The Balaban J connectivity index is 1.84. The number of imide groups is 1. The molecule has 0 radical (unpaired) electrons. The highest BCUT2D eigenvalue weighted by Gasteiger charge is 2.41. The molecule has 0 aliphatic carbocycles. The zero-order valence-electron chi connectivity index (χ0n) is 12.5. The van der Waals surface area contributed by atoms with Gasteiger partial charge in [0.15, 0.2) is 0 Å². The Morgan fingerprint density at radius 2 is 1.67 bits per heavy atom. The van der Waals surface area contributed by atoms with E-state index in [1.54, 1.807) is 13.8 Å². The molecule has 21 heavy (non-hydrogen) atoms. The molecule has 2 amide bonds. The van der Waals surface area contributed by atoms with E-state index in [0.29, 0.717) is 19.7 Å². The van der Waals surface area contributed by atoms with E-state index in [1.807, 2.05) is 24.3 Å². The molecular weight excluding hydrogens is 268 g/mol. The van der Waals surface area contributed by atoms with E-state index in [9.17, 15) is 9.59 Å². The molecule has 1 aromatic rings. The van der Waals surface area contributed by atoms with Crippen molar-refractivity contribution in [3.63, 3.8) is 0 Å². The summed E-state index contributed by atoms with van der Waals surface area (Å²) < 4.78 is 5.59. The zero-order chi connectivity index (χ0) is 15.4. The molecule has 5 nitrogen and oxygen atoms in total. The molecule has 114 valence electrons. The molecule has 0 spiro atoms. The summed E-state index contributed by atoms with van der Waals surface area (Å²) in [5, 5.41) is 0. The van der Waals surface area contributed by atoms with E-state index in [-0.39, 0.29) is 23.7 Å². The molecule has 1 aliphatic rings. The van der Waals surface area contributed by atoms with Gasteiger partial charge in [-0.25, -0.2) is 0 Å². The van der Waals surface area contributed by atoms with E-state index < -0.39 is 0 Å². The largest absolute Gasteiger partial charge is 0.492 e. The summed E-state index contributed by atoms with van der Waals surface area (Å²) in [7, 11) is 0. The second-order valence-corrected chi connectivity index (χ2v) is 5.44. The predicted molar refractivity (Wildman–Crippen MR) is 79.7 cm³/mol. The van der Waals surface area contributed by atoms with E-state index in [2.05, 4.69) is 0 Å². The second kappa shape index (κ2) is 6.72. The van der Waals surface area contributed by atoms with Crippen molar-refractivity contribution in [2.75, 3.05) is 19.7 Å². The van der Waals surface area contributed by atoms with Crippen LogP contribution in [0.4, 0.5) is 0 Å². The standard InChI is InChI=1S/C16H22N2O3/c1-11-12(2)16(20)18(15(11)19)9-10-21-14-5-3-13(4-6-14)7-8-17/h3-6,11-12H,7-10,17H2,1-2H3. The number of nitrogens with zero attached hydrogens (tertiary/aromatic N) is 1. The number of rotatable bonds is 6. The first kappa shape index (κ1) is 15.5. The molecule has 2 atom stereocenters. The van der Waals surface area contributed by atoms with Crippen LogP contribution in [-0.4, -0.2) is 36.4 Å². The summed E-state index contributed by atoms with van der Waals surface area (Å²) in [5.74, 6) is 0.0702. The van der Waals surface area contributed by atoms with Gasteiger partial charge in [0.25, 0.3) is 0 Å². The monoisotopic (exact) mass is 290 g/mol. The normalized spacial score (nSPS) is 22.0. The van der Waals surface area contributed by atoms with Crippen molar-refractivity contribution in [2.45, 2.75) is 20.3 Å². The van der Waals surface area contributed by atoms with E-state index in [4.69, 9.17) is 10.5 Å². The number of nitrogens with two attached hydrogens (primary N) is 1. The summed E-state index contributed by atoms with van der Waals surface area (Å²) in [6.45, 7) is 4.82. The van der Waals surface area contributed by atoms with Gasteiger partial charge in [0, 0.05) is 11.8 Å². The van der Waals surface area contributed by atoms with E-state index in [1.165, 1.54) is 4.90 Å². The van der Waals surface area contributed by atoms with Crippen LogP contribution in [0.2, 0.25) is 0 Å². The van der Waals surface area contributed by atoms with Crippen LogP contribution in [0.5, 0.6) is 5.75 Å². The van der Waals surface area contributed by atoms with Crippen LogP contribution in [0.15, 0.2) is 24.3 Å². The first-order valence-electron chi connectivity index (χ1n) is 7.31. The predicted octanol–water partition coefficient (Wildman–Crippen LogP) is 1.21. The van der Waals surface area contributed by atoms with Gasteiger partial charge in [-0.15, -0.1) is 0 Å². The summed E-state index contributed by atoms with van der Waals surface area (Å²) in [6.07, 6.45) is 0.840. The zero-order valence-corrected chi connectivity index (χ0v) is 12.5. The minimum atomic E-state index is -0.229. The lowest BCUT2D eigenvalue weighted by molar-refractivity contribution is -0.140. The maximum Gasteiger partial charge on any atom is 0.232 e. The minimum Gasteiger partial charge on any atom is -0.492 e. The third kappa shape index (κ3) is 3.42. The Bertz CT molecular complexity index is 493. The maximum atomic E-state index is 11.9. The number of carbonyl (C=O) groups excluding carboxylic acids is 2. The second-order valence-electron chi connectivity index (χ2n) is 5.44. The first-order chi connectivity index (χ1) is 10.0. The molecule has 0 saturated carbocycles. The van der Waals surface area contributed by atoms with Gasteiger partial charge in [0.05, 0.1) is 6.54 Å². The summed E-state index contributed by atoms with van der Waals surface area (Å²) in [6, 6.07) is 7.70.